The number of carbonyl (C=O) groups excluding carboxylic acids is 2. The second kappa shape index (κ2) is 15.9. The van der Waals surface area contributed by atoms with Crippen LogP contribution in [0.1, 0.15) is 31.4 Å². The van der Waals surface area contributed by atoms with Crippen molar-refractivity contribution in [2.45, 2.75) is 50.2 Å². The number of ether oxygens (including phenoxy) is 2. The molecule has 0 aliphatic heterocycles. The van der Waals surface area contributed by atoms with E-state index in [1.54, 1.807) is 30.3 Å². The summed E-state index contributed by atoms with van der Waals surface area (Å²) in [5.74, 6) is -0.147. The number of hydrogen-bond donors (Lipinski definition) is 1. The maximum atomic E-state index is 14.6. The Kier molecular flexibility index (Phi) is 11.8. The van der Waals surface area contributed by atoms with Crippen molar-refractivity contribution in [3.63, 3.8) is 0 Å². The highest BCUT2D eigenvalue weighted by molar-refractivity contribution is 7.92. The van der Waals surface area contributed by atoms with Crippen LogP contribution in [0.25, 0.3) is 0 Å². The number of hydrogen-bond acceptors (Lipinski definition) is 6. The summed E-state index contributed by atoms with van der Waals surface area (Å²) < 4.78 is 40.3. The predicted octanol–water partition coefficient (Wildman–Crippen LogP) is 5.45. The lowest BCUT2D eigenvalue weighted by Crippen LogP contribution is -2.54. The van der Waals surface area contributed by atoms with Crippen molar-refractivity contribution >= 4 is 27.5 Å². The Morgan fingerprint density at radius 1 is 0.783 bits per heavy atom. The molecule has 0 saturated carbocycles. The highest BCUT2D eigenvalue weighted by atomic mass is 32.2. The smallest absolute Gasteiger partial charge is 0.264 e. The van der Waals surface area contributed by atoms with Crippen molar-refractivity contribution in [2.75, 3.05) is 25.1 Å². The van der Waals surface area contributed by atoms with Gasteiger partial charge in [-0.1, -0.05) is 85.8 Å². The Morgan fingerprint density at radius 2 is 1.35 bits per heavy atom. The highest BCUT2D eigenvalue weighted by Crippen LogP contribution is 2.34. The number of rotatable bonds is 15. The molecule has 0 heterocycles. The van der Waals surface area contributed by atoms with Crippen LogP contribution in [0.4, 0.5) is 5.69 Å². The summed E-state index contributed by atoms with van der Waals surface area (Å²) >= 11 is 0. The molecule has 46 heavy (non-hydrogen) atoms. The van der Waals surface area contributed by atoms with E-state index in [0.29, 0.717) is 17.9 Å². The van der Waals surface area contributed by atoms with Crippen molar-refractivity contribution in [3.8, 4) is 11.5 Å². The zero-order valence-corrected chi connectivity index (χ0v) is 27.4. The molecule has 10 heteroatoms. The number of carbonyl (C=O) groups is 2. The molecule has 2 unspecified atom stereocenters. The van der Waals surface area contributed by atoms with Crippen molar-refractivity contribution in [3.05, 3.63) is 120 Å². The first-order valence-corrected chi connectivity index (χ1v) is 16.6. The Bertz CT molecular complexity index is 1690. The molecule has 4 aromatic rings. The van der Waals surface area contributed by atoms with Crippen molar-refractivity contribution < 1.29 is 27.5 Å². The van der Waals surface area contributed by atoms with E-state index in [2.05, 4.69) is 5.32 Å². The van der Waals surface area contributed by atoms with Crippen LogP contribution in [-0.2, 0) is 32.6 Å². The van der Waals surface area contributed by atoms with E-state index in [9.17, 15) is 18.0 Å². The van der Waals surface area contributed by atoms with Crippen LogP contribution in [0.5, 0.6) is 11.5 Å². The van der Waals surface area contributed by atoms with Gasteiger partial charge in [0.2, 0.25) is 11.8 Å². The van der Waals surface area contributed by atoms with E-state index < -0.39 is 28.5 Å². The van der Waals surface area contributed by atoms with Crippen LogP contribution in [0.15, 0.2) is 114 Å². The Labute approximate surface area is 271 Å². The number of nitrogens with zero attached hydrogens (tertiary/aromatic N) is 2. The summed E-state index contributed by atoms with van der Waals surface area (Å²) in [6, 6.07) is 30.4. The molecule has 0 spiro atoms. The Balaban J connectivity index is 1.82. The van der Waals surface area contributed by atoms with Gasteiger partial charge in [-0.15, -0.1) is 0 Å². The van der Waals surface area contributed by atoms with E-state index in [4.69, 9.17) is 9.47 Å². The summed E-state index contributed by atoms with van der Waals surface area (Å²) in [4.78, 5) is 30.0. The van der Waals surface area contributed by atoms with Gasteiger partial charge >= 0.3 is 0 Å². The summed E-state index contributed by atoms with van der Waals surface area (Å²) in [5, 5.41) is 3.04. The third-order valence-corrected chi connectivity index (χ3v) is 9.52. The highest BCUT2D eigenvalue weighted by Gasteiger charge is 2.35. The topological polar surface area (TPSA) is 105 Å². The molecular formula is C36H41N3O6S. The molecule has 0 aliphatic carbocycles. The van der Waals surface area contributed by atoms with E-state index in [-0.39, 0.29) is 35.5 Å². The molecule has 0 radical (unpaired) electrons. The normalized spacial score (nSPS) is 12.4. The van der Waals surface area contributed by atoms with Gasteiger partial charge in [0.05, 0.1) is 24.8 Å². The fourth-order valence-electron chi connectivity index (χ4n) is 5.00. The molecule has 0 saturated heterocycles. The fourth-order valence-corrected chi connectivity index (χ4v) is 6.43. The molecule has 0 bridgehead atoms. The molecule has 4 rings (SSSR count). The Hall–Kier alpha value is -4.83. The molecule has 242 valence electrons. The molecule has 0 aromatic heterocycles. The maximum absolute atomic E-state index is 14.6. The first kappa shape index (κ1) is 34.1. The van der Waals surface area contributed by atoms with Gasteiger partial charge in [0.1, 0.15) is 12.6 Å². The zero-order valence-electron chi connectivity index (χ0n) is 26.6. The number of nitrogens with one attached hydrogen (secondary N) is 1. The first-order valence-electron chi connectivity index (χ1n) is 15.1. The summed E-state index contributed by atoms with van der Waals surface area (Å²) in [5.41, 5.74) is 1.87. The lowest BCUT2D eigenvalue weighted by Gasteiger charge is -2.34. The lowest BCUT2D eigenvalue weighted by molar-refractivity contribution is -0.140. The minimum atomic E-state index is -4.24. The molecular weight excluding hydrogens is 602 g/mol. The third-order valence-electron chi connectivity index (χ3n) is 7.73. The van der Waals surface area contributed by atoms with Gasteiger partial charge in [0.15, 0.2) is 11.5 Å². The average molecular weight is 644 g/mol. The van der Waals surface area contributed by atoms with Crippen molar-refractivity contribution in [2.24, 2.45) is 0 Å². The van der Waals surface area contributed by atoms with Gasteiger partial charge in [-0.3, -0.25) is 13.9 Å². The van der Waals surface area contributed by atoms with Gasteiger partial charge in [0, 0.05) is 25.1 Å². The largest absolute Gasteiger partial charge is 0.493 e. The second-order valence-electron chi connectivity index (χ2n) is 10.9. The first-order chi connectivity index (χ1) is 22.2. The molecule has 0 fully saturated rings. The second-order valence-corrected chi connectivity index (χ2v) is 12.8. The summed E-state index contributed by atoms with van der Waals surface area (Å²) in [6.07, 6.45) is 0.947. The van der Waals surface area contributed by atoms with Gasteiger partial charge in [-0.05, 0) is 48.7 Å². The predicted molar refractivity (Wildman–Crippen MR) is 179 cm³/mol. The monoisotopic (exact) mass is 643 g/mol. The number of benzene rings is 4. The number of anilines is 1. The van der Waals surface area contributed by atoms with Crippen molar-refractivity contribution in [1.82, 2.24) is 10.2 Å². The minimum absolute atomic E-state index is 0.0162. The van der Waals surface area contributed by atoms with E-state index >= 15 is 0 Å². The van der Waals surface area contributed by atoms with Crippen molar-refractivity contribution in [1.29, 1.82) is 0 Å². The standard InChI is InChI=1S/C36H41N3O6S/c1-5-27(2)37-36(41)32(23-28-15-9-6-10-16-28)38(25-29-17-11-7-12-18-29)35(40)26-39(46(42,43)31-19-13-8-14-20-31)30-21-22-33(44-3)34(24-30)45-4/h6-22,24,27,32H,5,23,25-26H2,1-4H3,(H,37,41). The number of methoxy groups -OCH3 is 2. The molecule has 0 aliphatic rings. The van der Waals surface area contributed by atoms with Crippen LogP contribution in [0.2, 0.25) is 0 Å². The van der Waals surface area contributed by atoms with Crippen LogP contribution in [-0.4, -0.2) is 58.0 Å². The summed E-state index contributed by atoms with van der Waals surface area (Å²) in [7, 11) is -1.30. The van der Waals surface area contributed by atoms with Crippen LogP contribution in [0.3, 0.4) is 0 Å². The maximum Gasteiger partial charge on any atom is 0.264 e. The lowest BCUT2D eigenvalue weighted by atomic mass is 10.0. The van der Waals surface area contributed by atoms with Gasteiger partial charge < -0.3 is 19.7 Å². The number of sulfonamides is 1. The number of amides is 2. The van der Waals surface area contributed by atoms with Gasteiger partial charge in [0.25, 0.3) is 10.0 Å². The molecule has 1 N–H and O–H groups in total. The summed E-state index contributed by atoms with van der Waals surface area (Å²) in [6.45, 7) is 3.41. The quantitative estimate of drug-likeness (QED) is 0.185. The molecule has 2 amide bonds. The van der Waals surface area contributed by atoms with E-state index in [1.807, 2.05) is 74.5 Å². The van der Waals surface area contributed by atoms with Crippen LogP contribution >= 0.6 is 0 Å². The third kappa shape index (κ3) is 8.45. The Morgan fingerprint density at radius 3 is 1.91 bits per heavy atom. The van der Waals surface area contributed by atoms with Crippen LogP contribution in [0, 0.1) is 0 Å². The van der Waals surface area contributed by atoms with E-state index in [0.717, 1.165) is 15.4 Å². The SMILES string of the molecule is CCC(C)NC(=O)C(Cc1ccccc1)N(Cc1ccccc1)C(=O)CN(c1ccc(OC)c(OC)c1)S(=O)(=O)c1ccccc1. The van der Waals surface area contributed by atoms with Gasteiger partial charge in [-0.2, -0.15) is 0 Å². The zero-order chi connectivity index (χ0) is 33.1. The molecule has 2 atom stereocenters. The fraction of sp³-hybridized carbons (Fsp3) is 0.278. The molecule has 4 aromatic carbocycles. The van der Waals surface area contributed by atoms with Gasteiger partial charge in [-0.25, -0.2) is 8.42 Å². The van der Waals surface area contributed by atoms with Crippen LogP contribution < -0.4 is 19.1 Å². The minimum Gasteiger partial charge on any atom is -0.493 e. The van der Waals surface area contributed by atoms with E-state index in [1.165, 1.54) is 37.3 Å². The molecule has 9 nitrogen and oxygen atoms in total. The average Bonchev–Trinajstić information content (AvgIpc) is 3.09.